The summed E-state index contributed by atoms with van der Waals surface area (Å²) in [6.07, 6.45) is 0.685. The number of H-pyrrole nitrogens is 1. The highest BCUT2D eigenvalue weighted by atomic mass is 16.5. The summed E-state index contributed by atoms with van der Waals surface area (Å²) in [5, 5.41) is 3.86. The molecule has 3 rings (SSSR count). The van der Waals surface area contributed by atoms with Crippen LogP contribution in [-0.4, -0.2) is 18.0 Å². The quantitative estimate of drug-likeness (QED) is 0.718. The van der Waals surface area contributed by atoms with Crippen molar-refractivity contribution in [3.8, 4) is 5.75 Å². The molecule has 1 aromatic heterocycles. The lowest BCUT2D eigenvalue weighted by molar-refractivity contribution is -0.121. The van der Waals surface area contributed by atoms with Crippen LogP contribution in [0, 0.1) is 6.92 Å². The molecule has 0 radical (unpaired) electrons. The molecule has 0 bridgehead atoms. The fourth-order valence-electron chi connectivity index (χ4n) is 2.84. The minimum atomic E-state index is -0.135. The normalized spacial score (nSPS) is 10.7. The number of benzene rings is 2. The molecule has 5 nitrogen and oxygen atoms in total. The Morgan fingerprint density at radius 1 is 1.12 bits per heavy atom. The first kappa shape index (κ1) is 17.7. The maximum Gasteiger partial charge on any atom is 0.251 e. The van der Waals surface area contributed by atoms with Gasteiger partial charge in [0.05, 0.1) is 7.11 Å². The molecular formula is C21H22N2O3. The van der Waals surface area contributed by atoms with Crippen LogP contribution >= 0.6 is 0 Å². The van der Waals surface area contributed by atoms with Crippen molar-refractivity contribution in [1.82, 2.24) is 10.3 Å². The number of aryl methyl sites for hydroxylation is 2. The number of amides is 1. The molecule has 0 aliphatic rings. The average molecular weight is 350 g/mol. The number of aromatic amines is 1. The number of carbonyl (C=O) groups is 1. The molecule has 0 atom stereocenters. The van der Waals surface area contributed by atoms with Gasteiger partial charge >= 0.3 is 0 Å². The Balaban J connectivity index is 1.59. The van der Waals surface area contributed by atoms with E-state index in [4.69, 9.17) is 4.74 Å². The van der Waals surface area contributed by atoms with E-state index in [2.05, 4.69) is 10.3 Å². The van der Waals surface area contributed by atoms with Crippen LogP contribution in [0.1, 0.15) is 23.1 Å². The molecule has 3 aromatic rings. The molecule has 26 heavy (non-hydrogen) atoms. The van der Waals surface area contributed by atoms with Gasteiger partial charge in [0, 0.05) is 24.0 Å². The number of hydrogen-bond donors (Lipinski definition) is 2. The fraction of sp³-hybridized carbons (Fsp3) is 0.238. The maximum absolute atomic E-state index is 12.2. The summed E-state index contributed by atoms with van der Waals surface area (Å²) in [6.45, 7) is 2.47. The minimum absolute atomic E-state index is 0.0791. The molecule has 0 aliphatic carbocycles. The van der Waals surface area contributed by atoms with Crippen molar-refractivity contribution in [2.75, 3.05) is 7.11 Å². The SMILES string of the molecule is COc1ccc(CNC(=O)CCc2cc3cc(C)ccc3[nH]c2=O)cc1. The van der Waals surface area contributed by atoms with E-state index in [-0.39, 0.29) is 17.9 Å². The molecular weight excluding hydrogens is 328 g/mol. The van der Waals surface area contributed by atoms with E-state index in [1.165, 1.54) is 0 Å². The second-order valence-electron chi connectivity index (χ2n) is 6.34. The number of carbonyl (C=O) groups excluding carboxylic acids is 1. The predicted octanol–water partition coefficient (Wildman–Crippen LogP) is 3.09. The largest absolute Gasteiger partial charge is 0.497 e. The first-order chi connectivity index (χ1) is 12.5. The summed E-state index contributed by atoms with van der Waals surface area (Å²) in [5.74, 6) is 0.704. The lowest BCUT2D eigenvalue weighted by atomic mass is 10.1. The van der Waals surface area contributed by atoms with E-state index >= 15 is 0 Å². The fourth-order valence-corrected chi connectivity index (χ4v) is 2.84. The lowest BCUT2D eigenvalue weighted by Gasteiger charge is -2.07. The van der Waals surface area contributed by atoms with Gasteiger partial charge in [0.25, 0.3) is 5.56 Å². The molecule has 1 amide bonds. The van der Waals surface area contributed by atoms with E-state index in [0.29, 0.717) is 18.5 Å². The number of methoxy groups -OCH3 is 1. The zero-order chi connectivity index (χ0) is 18.5. The zero-order valence-electron chi connectivity index (χ0n) is 15.0. The van der Waals surface area contributed by atoms with Crippen molar-refractivity contribution >= 4 is 16.8 Å². The van der Waals surface area contributed by atoms with Crippen LogP contribution in [-0.2, 0) is 17.8 Å². The van der Waals surface area contributed by atoms with Gasteiger partial charge in [0.1, 0.15) is 5.75 Å². The van der Waals surface area contributed by atoms with Crippen molar-refractivity contribution in [2.24, 2.45) is 0 Å². The molecule has 0 saturated carbocycles. The average Bonchev–Trinajstić information content (AvgIpc) is 2.65. The van der Waals surface area contributed by atoms with Crippen LogP contribution in [0.5, 0.6) is 5.75 Å². The van der Waals surface area contributed by atoms with Crippen LogP contribution < -0.4 is 15.6 Å². The number of fused-ring (bicyclic) bond motifs is 1. The topological polar surface area (TPSA) is 71.2 Å². The van der Waals surface area contributed by atoms with Gasteiger partial charge in [0.2, 0.25) is 5.91 Å². The van der Waals surface area contributed by atoms with Crippen molar-refractivity contribution in [2.45, 2.75) is 26.3 Å². The molecule has 5 heteroatoms. The van der Waals surface area contributed by atoms with Gasteiger partial charge in [-0.05, 0) is 54.6 Å². The summed E-state index contributed by atoms with van der Waals surface area (Å²) in [7, 11) is 1.62. The molecule has 134 valence electrons. The third-order valence-electron chi connectivity index (χ3n) is 4.35. The van der Waals surface area contributed by atoms with Crippen LogP contribution in [0.2, 0.25) is 0 Å². The van der Waals surface area contributed by atoms with Gasteiger partial charge < -0.3 is 15.0 Å². The number of aromatic nitrogens is 1. The number of ether oxygens (including phenoxy) is 1. The van der Waals surface area contributed by atoms with E-state index < -0.39 is 0 Å². The Morgan fingerprint density at radius 2 is 1.88 bits per heavy atom. The highest BCUT2D eigenvalue weighted by Gasteiger charge is 2.07. The van der Waals surface area contributed by atoms with Gasteiger partial charge in [-0.15, -0.1) is 0 Å². The molecule has 2 aromatic carbocycles. The number of nitrogens with one attached hydrogen (secondary N) is 2. The Morgan fingerprint density at radius 3 is 2.62 bits per heavy atom. The number of rotatable bonds is 6. The number of pyridine rings is 1. The minimum Gasteiger partial charge on any atom is -0.497 e. The third kappa shape index (κ3) is 4.30. The van der Waals surface area contributed by atoms with Crippen LogP contribution in [0.3, 0.4) is 0 Å². The van der Waals surface area contributed by atoms with Gasteiger partial charge in [0.15, 0.2) is 0 Å². The highest BCUT2D eigenvalue weighted by Crippen LogP contribution is 2.14. The first-order valence-corrected chi connectivity index (χ1v) is 8.57. The predicted molar refractivity (Wildman–Crippen MR) is 102 cm³/mol. The standard InChI is InChI=1S/C21H22N2O3/c1-14-3-9-19-17(11-14)12-16(21(25)23-19)6-10-20(24)22-13-15-4-7-18(26-2)8-5-15/h3-5,7-9,11-12H,6,10,13H2,1-2H3,(H,22,24)(H,23,25). The summed E-state index contributed by atoms with van der Waals surface area (Å²) >= 11 is 0. The Labute approximate surface area is 152 Å². The summed E-state index contributed by atoms with van der Waals surface area (Å²) in [5.41, 5.74) is 3.44. The zero-order valence-corrected chi connectivity index (χ0v) is 15.0. The van der Waals surface area contributed by atoms with Crippen molar-refractivity contribution in [3.63, 3.8) is 0 Å². The molecule has 0 saturated heterocycles. The smallest absolute Gasteiger partial charge is 0.251 e. The van der Waals surface area contributed by atoms with Gasteiger partial charge in [-0.1, -0.05) is 23.8 Å². The van der Waals surface area contributed by atoms with Crippen LogP contribution in [0.15, 0.2) is 53.3 Å². The second-order valence-corrected chi connectivity index (χ2v) is 6.34. The van der Waals surface area contributed by atoms with E-state index in [1.807, 2.05) is 55.5 Å². The molecule has 0 unspecified atom stereocenters. The molecule has 0 fully saturated rings. The van der Waals surface area contributed by atoms with Crippen molar-refractivity contribution in [3.05, 3.63) is 75.6 Å². The lowest BCUT2D eigenvalue weighted by Crippen LogP contribution is -2.24. The van der Waals surface area contributed by atoms with Gasteiger partial charge in [-0.2, -0.15) is 0 Å². The number of hydrogen-bond acceptors (Lipinski definition) is 3. The Kier molecular flexibility index (Phi) is 5.37. The van der Waals surface area contributed by atoms with Crippen LogP contribution in [0.25, 0.3) is 10.9 Å². The van der Waals surface area contributed by atoms with Gasteiger partial charge in [-0.25, -0.2) is 0 Å². The van der Waals surface area contributed by atoms with E-state index in [9.17, 15) is 9.59 Å². The maximum atomic E-state index is 12.2. The Bertz CT molecular complexity index is 975. The highest BCUT2D eigenvalue weighted by molar-refractivity contribution is 5.80. The summed E-state index contributed by atoms with van der Waals surface area (Å²) < 4.78 is 5.11. The molecule has 2 N–H and O–H groups in total. The summed E-state index contributed by atoms with van der Waals surface area (Å²) in [6, 6.07) is 15.3. The summed E-state index contributed by atoms with van der Waals surface area (Å²) in [4.78, 5) is 27.1. The monoisotopic (exact) mass is 350 g/mol. The molecule has 0 spiro atoms. The first-order valence-electron chi connectivity index (χ1n) is 8.57. The van der Waals surface area contributed by atoms with Crippen molar-refractivity contribution in [1.29, 1.82) is 0 Å². The van der Waals surface area contributed by atoms with Crippen LogP contribution in [0.4, 0.5) is 0 Å². The van der Waals surface area contributed by atoms with Gasteiger partial charge in [-0.3, -0.25) is 9.59 Å². The second kappa shape index (κ2) is 7.87. The third-order valence-corrected chi connectivity index (χ3v) is 4.35. The Hall–Kier alpha value is -3.08. The van der Waals surface area contributed by atoms with Crippen molar-refractivity contribution < 1.29 is 9.53 Å². The van der Waals surface area contributed by atoms with E-state index in [1.54, 1.807) is 7.11 Å². The molecule has 1 heterocycles. The van der Waals surface area contributed by atoms with E-state index in [0.717, 1.165) is 27.8 Å². The molecule has 0 aliphatic heterocycles.